The molecule has 1 aliphatic carbocycles. The SMILES string of the molecule is COC(=O)/C=C1\CC[C@H]2[C@H](C)CCC[C@]23OC[C@@H](c2ccccc2)N13. The number of carbonyl (C=O) groups excluding carboxylic acids is 1. The van der Waals surface area contributed by atoms with Gasteiger partial charge in [-0.2, -0.15) is 0 Å². The minimum Gasteiger partial charge on any atom is -0.466 e. The van der Waals surface area contributed by atoms with Crippen LogP contribution in [0.5, 0.6) is 0 Å². The van der Waals surface area contributed by atoms with Crippen LogP contribution in [0.3, 0.4) is 0 Å². The van der Waals surface area contributed by atoms with Crippen molar-refractivity contribution in [2.75, 3.05) is 13.7 Å². The number of carbonyl (C=O) groups is 1. The van der Waals surface area contributed by atoms with E-state index in [2.05, 4.69) is 36.1 Å². The van der Waals surface area contributed by atoms with Crippen molar-refractivity contribution in [3.63, 3.8) is 0 Å². The third kappa shape index (κ3) is 2.67. The van der Waals surface area contributed by atoms with Gasteiger partial charge in [-0.3, -0.25) is 0 Å². The number of allylic oxidation sites excluding steroid dienone is 1. The first-order valence-corrected chi connectivity index (χ1v) is 9.42. The minimum absolute atomic E-state index is 0.171. The van der Waals surface area contributed by atoms with Gasteiger partial charge in [0.15, 0.2) is 0 Å². The first kappa shape index (κ1) is 16.6. The minimum atomic E-state index is -0.272. The lowest BCUT2D eigenvalue weighted by atomic mass is 9.68. The van der Waals surface area contributed by atoms with E-state index in [-0.39, 0.29) is 17.7 Å². The largest absolute Gasteiger partial charge is 0.466 e. The highest BCUT2D eigenvalue weighted by atomic mass is 16.5. The number of benzene rings is 1. The Labute approximate surface area is 149 Å². The number of hydrogen-bond acceptors (Lipinski definition) is 4. The molecule has 2 heterocycles. The summed E-state index contributed by atoms with van der Waals surface area (Å²) in [5.74, 6) is 0.918. The van der Waals surface area contributed by atoms with E-state index in [1.54, 1.807) is 6.08 Å². The molecule has 25 heavy (non-hydrogen) atoms. The number of methoxy groups -OCH3 is 1. The van der Waals surface area contributed by atoms with E-state index < -0.39 is 0 Å². The number of piperidine rings is 1. The Morgan fingerprint density at radius 2 is 2.12 bits per heavy atom. The van der Waals surface area contributed by atoms with Gasteiger partial charge in [-0.05, 0) is 37.2 Å². The van der Waals surface area contributed by atoms with Crippen molar-refractivity contribution in [3.8, 4) is 0 Å². The molecule has 4 nitrogen and oxygen atoms in total. The van der Waals surface area contributed by atoms with Gasteiger partial charge in [0.2, 0.25) is 0 Å². The first-order valence-electron chi connectivity index (χ1n) is 9.42. The van der Waals surface area contributed by atoms with Gasteiger partial charge in [-0.1, -0.05) is 43.7 Å². The average molecular weight is 341 g/mol. The van der Waals surface area contributed by atoms with Gasteiger partial charge in [0.25, 0.3) is 0 Å². The highest BCUT2D eigenvalue weighted by Crippen LogP contribution is 2.56. The van der Waals surface area contributed by atoms with Crippen molar-refractivity contribution in [2.24, 2.45) is 11.8 Å². The fourth-order valence-electron chi connectivity index (χ4n) is 5.25. The topological polar surface area (TPSA) is 38.8 Å². The molecule has 2 aliphatic heterocycles. The lowest BCUT2D eigenvalue weighted by Gasteiger charge is -2.54. The normalized spacial score (nSPS) is 36.0. The maximum absolute atomic E-state index is 12.0. The van der Waals surface area contributed by atoms with Gasteiger partial charge in [-0.15, -0.1) is 0 Å². The Hall–Kier alpha value is -1.81. The summed E-state index contributed by atoms with van der Waals surface area (Å²) in [5.41, 5.74) is 2.08. The lowest BCUT2D eigenvalue weighted by Crippen LogP contribution is -2.57. The molecular weight excluding hydrogens is 314 g/mol. The monoisotopic (exact) mass is 341 g/mol. The van der Waals surface area contributed by atoms with Gasteiger partial charge in [0, 0.05) is 17.7 Å². The van der Waals surface area contributed by atoms with E-state index in [4.69, 9.17) is 9.47 Å². The van der Waals surface area contributed by atoms with E-state index in [0.29, 0.717) is 18.4 Å². The molecule has 3 fully saturated rings. The van der Waals surface area contributed by atoms with Crippen LogP contribution in [0.2, 0.25) is 0 Å². The Kier molecular flexibility index (Phi) is 4.32. The number of rotatable bonds is 2. The second kappa shape index (κ2) is 6.49. The predicted molar refractivity (Wildman–Crippen MR) is 95.5 cm³/mol. The molecule has 0 unspecified atom stereocenters. The summed E-state index contributed by atoms with van der Waals surface area (Å²) in [7, 11) is 1.44. The highest BCUT2D eigenvalue weighted by molar-refractivity contribution is 5.82. The van der Waals surface area contributed by atoms with Crippen LogP contribution in [-0.4, -0.2) is 30.3 Å². The number of esters is 1. The first-order chi connectivity index (χ1) is 12.2. The number of nitrogens with zero attached hydrogens (tertiary/aromatic N) is 1. The van der Waals surface area contributed by atoms with Crippen molar-refractivity contribution >= 4 is 5.97 Å². The zero-order valence-electron chi connectivity index (χ0n) is 15.1. The summed E-state index contributed by atoms with van der Waals surface area (Å²) in [4.78, 5) is 14.4. The summed E-state index contributed by atoms with van der Waals surface area (Å²) in [6, 6.07) is 10.7. The molecule has 0 bridgehead atoms. The van der Waals surface area contributed by atoms with Crippen molar-refractivity contribution < 1.29 is 14.3 Å². The lowest BCUT2D eigenvalue weighted by molar-refractivity contribution is -0.169. The van der Waals surface area contributed by atoms with Crippen LogP contribution < -0.4 is 0 Å². The van der Waals surface area contributed by atoms with Crippen LogP contribution in [0.4, 0.5) is 0 Å². The molecule has 2 saturated heterocycles. The van der Waals surface area contributed by atoms with Crippen molar-refractivity contribution in [2.45, 2.75) is 50.8 Å². The zero-order valence-corrected chi connectivity index (χ0v) is 15.1. The molecule has 3 aliphatic rings. The summed E-state index contributed by atoms with van der Waals surface area (Å²) in [6.07, 6.45) is 7.18. The molecule has 4 heteroatoms. The third-order valence-corrected chi connectivity index (χ3v) is 6.36. The fourth-order valence-corrected chi connectivity index (χ4v) is 5.25. The van der Waals surface area contributed by atoms with Crippen LogP contribution in [-0.2, 0) is 14.3 Å². The molecular formula is C21H27NO3. The quantitative estimate of drug-likeness (QED) is 0.601. The van der Waals surface area contributed by atoms with E-state index in [0.717, 1.165) is 25.0 Å². The van der Waals surface area contributed by atoms with Crippen molar-refractivity contribution in [1.29, 1.82) is 0 Å². The van der Waals surface area contributed by atoms with Crippen molar-refractivity contribution in [1.82, 2.24) is 4.90 Å². The zero-order chi connectivity index (χ0) is 17.4. The molecule has 4 atom stereocenters. The maximum atomic E-state index is 12.0. The number of ether oxygens (including phenoxy) is 2. The van der Waals surface area contributed by atoms with Gasteiger partial charge >= 0.3 is 5.97 Å². The Bertz CT molecular complexity index is 671. The van der Waals surface area contributed by atoms with Crippen LogP contribution >= 0.6 is 0 Å². The van der Waals surface area contributed by atoms with E-state index >= 15 is 0 Å². The van der Waals surface area contributed by atoms with E-state index in [1.165, 1.54) is 25.5 Å². The summed E-state index contributed by atoms with van der Waals surface area (Å²) in [6.45, 7) is 3.05. The average Bonchev–Trinajstić information content (AvgIpc) is 3.02. The van der Waals surface area contributed by atoms with Gasteiger partial charge < -0.3 is 14.4 Å². The fraction of sp³-hybridized carbons (Fsp3) is 0.571. The molecule has 134 valence electrons. The molecule has 1 saturated carbocycles. The Morgan fingerprint density at radius 3 is 2.88 bits per heavy atom. The Balaban J connectivity index is 1.78. The second-order valence-corrected chi connectivity index (χ2v) is 7.63. The maximum Gasteiger partial charge on any atom is 0.332 e. The van der Waals surface area contributed by atoms with Crippen molar-refractivity contribution in [3.05, 3.63) is 47.7 Å². The van der Waals surface area contributed by atoms with Crippen LogP contribution in [0.25, 0.3) is 0 Å². The predicted octanol–water partition coefficient (Wildman–Crippen LogP) is 4.04. The van der Waals surface area contributed by atoms with Crippen LogP contribution in [0, 0.1) is 11.8 Å². The highest BCUT2D eigenvalue weighted by Gasteiger charge is 2.58. The van der Waals surface area contributed by atoms with Gasteiger partial charge in [0.05, 0.1) is 19.8 Å². The van der Waals surface area contributed by atoms with Crippen LogP contribution in [0.1, 0.15) is 50.6 Å². The molecule has 1 aromatic carbocycles. The molecule has 1 spiro atoms. The second-order valence-electron chi connectivity index (χ2n) is 7.63. The van der Waals surface area contributed by atoms with E-state index in [1.807, 2.05) is 6.07 Å². The molecule has 0 N–H and O–H groups in total. The molecule has 0 radical (unpaired) electrons. The van der Waals surface area contributed by atoms with E-state index in [9.17, 15) is 4.79 Å². The molecule has 1 aromatic rings. The Morgan fingerprint density at radius 1 is 1.32 bits per heavy atom. The molecule has 0 amide bonds. The molecule has 0 aromatic heterocycles. The third-order valence-electron chi connectivity index (χ3n) is 6.36. The summed E-state index contributed by atoms with van der Waals surface area (Å²) >= 11 is 0. The summed E-state index contributed by atoms with van der Waals surface area (Å²) < 4.78 is 11.5. The van der Waals surface area contributed by atoms with Crippen LogP contribution in [0.15, 0.2) is 42.1 Å². The molecule has 4 rings (SSSR count). The summed E-state index contributed by atoms with van der Waals surface area (Å²) in [5, 5.41) is 0. The van der Waals surface area contributed by atoms with Gasteiger partial charge in [-0.25, -0.2) is 4.79 Å². The smallest absolute Gasteiger partial charge is 0.332 e. The number of hydrogen-bond donors (Lipinski definition) is 0. The standard InChI is InChI=1S/C21H27NO3/c1-15-7-6-12-21-18(15)11-10-17(13-20(23)24-2)22(21)19(14-25-21)16-8-4-3-5-9-16/h3-5,8-9,13,15,18-19H,6-7,10-12,14H2,1-2H3/b17-13+/t15-,18+,19+,21+/m1/s1. The van der Waals surface area contributed by atoms with Gasteiger partial charge in [0.1, 0.15) is 5.72 Å².